The van der Waals surface area contributed by atoms with E-state index in [0.29, 0.717) is 10.6 Å². The fourth-order valence-electron chi connectivity index (χ4n) is 1.63. The summed E-state index contributed by atoms with van der Waals surface area (Å²) in [6, 6.07) is 10.9. The molecule has 2 aromatic carbocycles. The predicted octanol–water partition coefficient (Wildman–Crippen LogP) is 4.18. The first kappa shape index (κ1) is 12.0. The van der Waals surface area contributed by atoms with Crippen LogP contribution in [0.15, 0.2) is 46.2 Å². The number of halogens is 1. The van der Waals surface area contributed by atoms with E-state index in [1.54, 1.807) is 12.1 Å². The summed E-state index contributed by atoms with van der Waals surface area (Å²) in [6.45, 7) is 4.08. The first-order chi connectivity index (χ1) is 8.06. The van der Waals surface area contributed by atoms with Gasteiger partial charge in [-0.05, 0) is 43.7 Å². The average molecular weight is 247 g/mol. The Balaban J connectivity index is 2.31. The molecule has 0 amide bonds. The Kier molecular flexibility index (Phi) is 3.38. The summed E-state index contributed by atoms with van der Waals surface area (Å²) in [5.74, 6) is -0.269. The molecular formula is C14H14FNS. The van der Waals surface area contributed by atoms with Crippen molar-refractivity contribution in [2.75, 3.05) is 5.73 Å². The number of rotatable bonds is 2. The Bertz CT molecular complexity index is 502. The molecule has 0 saturated heterocycles. The summed E-state index contributed by atoms with van der Waals surface area (Å²) < 4.78 is 13.6. The van der Waals surface area contributed by atoms with Gasteiger partial charge in [-0.2, -0.15) is 0 Å². The van der Waals surface area contributed by atoms with E-state index in [4.69, 9.17) is 5.73 Å². The minimum absolute atomic E-state index is 0.269. The molecule has 2 rings (SSSR count). The minimum Gasteiger partial charge on any atom is -0.399 e. The highest BCUT2D eigenvalue weighted by molar-refractivity contribution is 7.99. The number of nitrogen functional groups attached to an aromatic ring is 1. The van der Waals surface area contributed by atoms with Crippen LogP contribution in [0.1, 0.15) is 11.1 Å². The van der Waals surface area contributed by atoms with Crippen LogP contribution < -0.4 is 5.73 Å². The number of aryl methyl sites for hydroxylation is 2. The molecule has 0 bridgehead atoms. The molecule has 0 aliphatic carbocycles. The van der Waals surface area contributed by atoms with Gasteiger partial charge < -0.3 is 5.73 Å². The van der Waals surface area contributed by atoms with Crippen molar-refractivity contribution in [3.8, 4) is 0 Å². The van der Waals surface area contributed by atoms with Crippen molar-refractivity contribution in [1.82, 2.24) is 0 Å². The van der Waals surface area contributed by atoms with Crippen LogP contribution in [0, 0.1) is 19.7 Å². The van der Waals surface area contributed by atoms with Crippen LogP contribution in [-0.2, 0) is 0 Å². The minimum atomic E-state index is -0.269. The fraction of sp³-hybridized carbons (Fsp3) is 0.143. The lowest BCUT2D eigenvalue weighted by Gasteiger charge is -2.07. The summed E-state index contributed by atoms with van der Waals surface area (Å²) in [7, 11) is 0. The predicted molar refractivity (Wildman–Crippen MR) is 70.9 cm³/mol. The lowest BCUT2D eigenvalue weighted by molar-refractivity contribution is 0.603. The molecule has 2 aromatic rings. The Morgan fingerprint density at radius 2 is 1.71 bits per heavy atom. The summed E-state index contributed by atoms with van der Waals surface area (Å²) in [6.07, 6.45) is 0. The third-order valence-electron chi connectivity index (χ3n) is 2.51. The molecule has 0 unspecified atom stereocenters. The molecule has 0 heterocycles. The summed E-state index contributed by atoms with van der Waals surface area (Å²) >= 11 is 1.43. The van der Waals surface area contributed by atoms with E-state index in [9.17, 15) is 4.39 Å². The third kappa shape index (κ3) is 2.80. The normalized spacial score (nSPS) is 10.5. The summed E-state index contributed by atoms with van der Waals surface area (Å²) in [5.41, 5.74) is 8.34. The van der Waals surface area contributed by atoms with Crippen molar-refractivity contribution in [3.63, 3.8) is 0 Å². The monoisotopic (exact) mass is 247 g/mol. The van der Waals surface area contributed by atoms with Gasteiger partial charge in [-0.25, -0.2) is 4.39 Å². The van der Waals surface area contributed by atoms with Gasteiger partial charge in [0, 0.05) is 15.5 Å². The van der Waals surface area contributed by atoms with Crippen molar-refractivity contribution in [1.29, 1.82) is 0 Å². The molecule has 3 heteroatoms. The number of hydrogen-bond donors (Lipinski definition) is 1. The molecule has 88 valence electrons. The third-order valence-corrected chi connectivity index (χ3v) is 3.74. The van der Waals surface area contributed by atoms with Gasteiger partial charge in [0.2, 0.25) is 0 Å². The summed E-state index contributed by atoms with van der Waals surface area (Å²) in [4.78, 5) is 1.67. The van der Waals surface area contributed by atoms with Gasteiger partial charge in [0.25, 0.3) is 0 Å². The lowest BCUT2D eigenvalue weighted by Crippen LogP contribution is -1.88. The Hall–Kier alpha value is -1.48. The smallest absolute Gasteiger partial charge is 0.139 e. The highest BCUT2D eigenvalue weighted by atomic mass is 32.2. The summed E-state index contributed by atoms with van der Waals surface area (Å²) in [5, 5.41) is 0. The zero-order valence-electron chi connectivity index (χ0n) is 9.83. The standard InChI is InChI=1S/C14H14FNS/c1-9-3-5-13(10(2)7-9)17-14-6-4-11(16)8-12(14)15/h3-8H,16H2,1-2H3. The van der Waals surface area contributed by atoms with Crippen LogP contribution >= 0.6 is 11.8 Å². The first-order valence-electron chi connectivity index (χ1n) is 5.36. The van der Waals surface area contributed by atoms with Gasteiger partial charge in [0.1, 0.15) is 5.82 Å². The molecule has 0 aromatic heterocycles. The molecule has 2 N–H and O–H groups in total. The highest BCUT2D eigenvalue weighted by Crippen LogP contribution is 2.33. The van der Waals surface area contributed by atoms with Crippen LogP contribution in [0.2, 0.25) is 0 Å². The van der Waals surface area contributed by atoms with E-state index in [1.807, 2.05) is 26.0 Å². The van der Waals surface area contributed by atoms with Crippen molar-refractivity contribution in [3.05, 3.63) is 53.3 Å². The Labute approximate surface area is 105 Å². The van der Waals surface area contributed by atoms with Crippen LogP contribution in [0.4, 0.5) is 10.1 Å². The second-order valence-electron chi connectivity index (χ2n) is 4.06. The van der Waals surface area contributed by atoms with Crippen LogP contribution in [0.25, 0.3) is 0 Å². The van der Waals surface area contributed by atoms with E-state index in [2.05, 4.69) is 6.07 Å². The maximum Gasteiger partial charge on any atom is 0.139 e. The highest BCUT2D eigenvalue weighted by Gasteiger charge is 2.06. The maximum atomic E-state index is 13.6. The van der Waals surface area contributed by atoms with Gasteiger partial charge in [-0.15, -0.1) is 0 Å². The Morgan fingerprint density at radius 3 is 2.35 bits per heavy atom. The lowest BCUT2D eigenvalue weighted by atomic mass is 10.2. The molecule has 1 nitrogen and oxygen atoms in total. The molecule has 0 fully saturated rings. The van der Waals surface area contributed by atoms with Crippen LogP contribution in [0.3, 0.4) is 0 Å². The zero-order valence-corrected chi connectivity index (χ0v) is 10.6. The van der Waals surface area contributed by atoms with Crippen molar-refractivity contribution in [2.45, 2.75) is 23.6 Å². The van der Waals surface area contributed by atoms with E-state index < -0.39 is 0 Å². The van der Waals surface area contributed by atoms with Crippen LogP contribution in [0.5, 0.6) is 0 Å². The molecule has 0 aliphatic rings. The molecule has 0 aliphatic heterocycles. The second kappa shape index (κ2) is 4.80. The maximum absolute atomic E-state index is 13.6. The molecule has 0 atom stereocenters. The van der Waals surface area contributed by atoms with E-state index >= 15 is 0 Å². The van der Waals surface area contributed by atoms with Crippen LogP contribution in [-0.4, -0.2) is 0 Å². The number of nitrogens with two attached hydrogens (primary N) is 1. The second-order valence-corrected chi connectivity index (χ2v) is 5.14. The topological polar surface area (TPSA) is 26.0 Å². The quantitative estimate of drug-likeness (QED) is 0.806. The van der Waals surface area contributed by atoms with Crippen molar-refractivity contribution in [2.24, 2.45) is 0 Å². The Morgan fingerprint density at radius 1 is 1.00 bits per heavy atom. The van der Waals surface area contributed by atoms with Gasteiger partial charge in [0.15, 0.2) is 0 Å². The largest absolute Gasteiger partial charge is 0.399 e. The van der Waals surface area contributed by atoms with E-state index in [1.165, 1.54) is 23.4 Å². The number of anilines is 1. The number of hydrogen-bond acceptors (Lipinski definition) is 2. The fourth-order valence-corrected chi connectivity index (χ4v) is 2.52. The van der Waals surface area contributed by atoms with Crippen molar-refractivity contribution >= 4 is 17.4 Å². The zero-order chi connectivity index (χ0) is 12.4. The molecular weight excluding hydrogens is 233 g/mol. The SMILES string of the molecule is Cc1ccc(Sc2ccc(N)cc2F)c(C)c1. The van der Waals surface area contributed by atoms with Gasteiger partial charge in [-0.1, -0.05) is 29.5 Å². The van der Waals surface area contributed by atoms with E-state index in [0.717, 1.165) is 10.5 Å². The first-order valence-corrected chi connectivity index (χ1v) is 6.18. The molecule has 17 heavy (non-hydrogen) atoms. The molecule has 0 spiro atoms. The number of benzene rings is 2. The average Bonchev–Trinajstić information content (AvgIpc) is 2.25. The van der Waals surface area contributed by atoms with Gasteiger partial charge in [-0.3, -0.25) is 0 Å². The molecule has 0 saturated carbocycles. The van der Waals surface area contributed by atoms with E-state index in [-0.39, 0.29) is 5.82 Å². The van der Waals surface area contributed by atoms with Crippen molar-refractivity contribution < 1.29 is 4.39 Å². The molecule has 0 radical (unpaired) electrons. The van der Waals surface area contributed by atoms with Gasteiger partial charge >= 0.3 is 0 Å². The van der Waals surface area contributed by atoms with Gasteiger partial charge in [0.05, 0.1) is 0 Å².